The number of pyridine rings is 1. The molecule has 20 heavy (non-hydrogen) atoms. The molecule has 102 valence electrons. The Hall–Kier alpha value is -2.07. The lowest BCUT2D eigenvalue weighted by Crippen LogP contribution is -2.33. The molecular formula is C15H14ClN3O. The van der Waals surface area contributed by atoms with Gasteiger partial charge in [-0.2, -0.15) is 0 Å². The Balaban J connectivity index is 1.85. The van der Waals surface area contributed by atoms with Gasteiger partial charge in [-0.3, -0.25) is 9.88 Å². The number of carbonyl (C=O) groups is 1. The highest BCUT2D eigenvalue weighted by atomic mass is 35.5. The largest absolute Gasteiger partial charge is 0.326 e. The van der Waals surface area contributed by atoms with Crippen molar-refractivity contribution in [2.45, 2.75) is 13.3 Å². The van der Waals surface area contributed by atoms with Crippen LogP contribution in [0.5, 0.6) is 0 Å². The van der Waals surface area contributed by atoms with Gasteiger partial charge in [-0.15, -0.1) is 0 Å². The van der Waals surface area contributed by atoms with Crippen molar-refractivity contribution in [3.63, 3.8) is 0 Å². The summed E-state index contributed by atoms with van der Waals surface area (Å²) in [6.07, 6.45) is 4.08. The van der Waals surface area contributed by atoms with Crippen LogP contribution in [0.15, 0.2) is 36.7 Å². The number of aryl methyl sites for hydroxylation is 1. The van der Waals surface area contributed by atoms with Gasteiger partial charge < -0.3 is 5.32 Å². The van der Waals surface area contributed by atoms with E-state index in [2.05, 4.69) is 10.3 Å². The van der Waals surface area contributed by atoms with E-state index in [0.717, 1.165) is 28.3 Å². The van der Waals surface area contributed by atoms with E-state index < -0.39 is 0 Å². The lowest BCUT2D eigenvalue weighted by Gasteiger charge is -2.18. The van der Waals surface area contributed by atoms with Crippen molar-refractivity contribution in [2.24, 2.45) is 0 Å². The SMILES string of the molecule is Cc1ccc2c(c1Cl)CCN2C(=O)Nc1cccnc1. The highest BCUT2D eigenvalue weighted by molar-refractivity contribution is 6.32. The predicted octanol–water partition coefficient (Wildman–Crippen LogP) is 3.64. The molecule has 0 saturated carbocycles. The number of amides is 2. The zero-order valence-electron chi connectivity index (χ0n) is 11.1. The molecule has 2 aromatic rings. The molecule has 0 saturated heterocycles. The Morgan fingerprint density at radius 3 is 3.00 bits per heavy atom. The third kappa shape index (κ3) is 2.23. The second-order valence-corrected chi connectivity index (χ2v) is 5.15. The summed E-state index contributed by atoms with van der Waals surface area (Å²) >= 11 is 6.30. The van der Waals surface area contributed by atoms with Crippen molar-refractivity contribution in [1.29, 1.82) is 0 Å². The van der Waals surface area contributed by atoms with Crippen molar-refractivity contribution in [3.8, 4) is 0 Å². The second kappa shape index (κ2) is 5.13. The molecule has 0 unspecified atom stereocenters. The minimum absolute atomic E-state index is 0.156. The third-order valence-corrected chi connectivity index (χ3v) is 3.97. The highest BCUT2D eigenvalue weighted by Gasteiger charge is 2.26. The van der Waals surface area contributed by atoms with Crippen LogP contribution in [0.2, 0.25) is 5.02 Å². The molecule has 0 radical (unpaired) electrons. The van der Waals surface area contributed by atoms with E-state index in [1.165, 1.54) is 0 Å². The van der Waals surface area contributed by atoms with Crippen molar-refractivity contribution in [1.82, 2.24) is 4.98 Å². The molecule has 1 aliphatic rings. The molecule has 0 fully saturated rings. The zero-order valence-corrected chi connectivity index (χ0v) is 11.8. The van der Waals surface area contributed by atoms with Crippen LogP contribution >= 0.6 is 11.6 Å². The predicted molar refractivity (Wildman–Crippen MR) is 80.5 cm³/mol. The summed E-state index contributed by atoms with van der Waals surface area (Å²) in [7, 11) is 0. The maximum absolute atomic E-state index is 12.3. The fourth-order valence-corrected chi connectivity index (χ4v) is 2.66. The molecule has 0 aliphatic carbocycles. The summed E-state index contributed by atoms with van der Waals surface area (Å²) in [5, 5.41) is 3.60. The van der Waals surface area contributed by atoms with Gasteiger partial charge in [0.2, 0.25) is 0 Å². The first-order valence-electron chi connectivity index (χ1n) is 6.43. The number of halogens is 1. The molecule has 1 aromatic carbocycles. The van der Waals surface area contributed by atoms with E-state index in [-0.39, 0.29) is 6.03 Å². The number of anilines is 2. The fourth-order valence-electron chi connectivity index (χ4n) is 2.40. The van der Waals surface area contributed by atoms with Crippen molar-refractivity contribution in [3.05, 3.63) is 52.8 Å². The second-order valence-electron chi connectivity index (χ2n) is 4.77. The van der Waals surface area contributed by atoms with E-state index in [1.807, 2.05) is 25.1 Å². The van der Waals surface area contributed by atoms with Gasteiger partial charge in [-0.1, -0.05) is 17.7 Å². The number of urea groups is 1. The summed E-state index contributed by atoms with van der Waals surface area (Å²) in [4.78, 5) is 18.0. The van der Waals surface area contributed by atoms with E-state index in [1.54, 1.807) is 23.4 Å². The molecule has 2 heterocycles. The van der Waals surface area contributed by atoms with Gasteiger partial charge in [-0.25, -0.2) is 4.79 Å². The van der Waals surface area contributed by atoms with Crippen LogP contribution in [0.4, 0.5) is 16.2 Å². The maximum atomic E-state index is 12.3. The Morgan fingerprint density at radius 2 is 2.25 bits per heavy atom. The van der Waals surface area contributed by atoms with Crippen molar-refractivity contribution < 1.29 is 4.79 Å². The lowest BCUT2D eigenvalue weighted by molar-refractivity contribution is 0.257. The molecule has 3 rings (SSSR count). The first-order chi connectivity index (χ1) is 9.66. The first kappa shape index (κ1) is 12.9. The van der Waals surface area contributed by atoms with Gasteiger partial charge in [0, 0.05) is 17.8 Å². The number of rotatable bonds is 1. The van der Waals surface area contributed by atoms with E-state index >= 15 is 0 Å². The van der Waals surface area contributed by atoms with Crippen LogP contribution in [-0.2, 0) is 6.42 Å². The van der Waals surface area contributed by atoms with E-state index in [4.69, 9.17) is 11.6 Å². The van der Waals surface area contributed by atoms with Crippen LogP contribution < -0.4 is 10.2 Å². The standard InChI is InChI=1S/C15H14ClN3O/c1-10-4-5-13-12(14(10)16)6-8-19(13)15(20)18-11-3-2-7-17-9-11/h2-5,7,9H,6,8H2,1H3,(H,18,20). The van der Waals surface area contributed by atoms with Gasteiger partial charge in [0.15, 0.2) is 0 Å². The Labute approximate surface area is 122 Å². The number of aromatic nitrogens is 1. The minimum atomic E-state index is -0.156. The van der Waals surface area contributed by atoms with Crippen LogP contribution in [0, 0.1) is 6.92 Å². The average molecular weight is 288 g/mol. The van der Waals surface area contributed by atoms with Crippen LogP contribution in [0.25, 0.3) is 0 Å². The summed E-state index contributed by atoms with van der Waals surface area (Å²) in [6, 6.07) is 7.33. The number of nitrogens with zero attached hydrogens (tertiary/aromatic N) is 2. The maximum Gasteiger partial charge on any atom is 0.326 e. The number of fused-ring (bicyclic) bond motifs is 1. The molecule has 0 bridgehead atoms. The summed E-state index contributed by atoms with van der Waals surface area (Å²) in [5.41, 5.74) is 3.67. The van der Waals surface area contributed by atoms with Crippen LogP contribution in [0.1, 0.15) is 11.1 Å². The summed E-state index contributed by atoms with van der Waals surface area (Å²) < 4.78 is 0. The number of carbonyl (C=O) groups excluding carboxylic acids is 1. The van der Waals surface area contributed by atoms with E-state index in [9.17, 15) is 4.79 Å². The topological polar surface area (TPSA) is 45.2 Å². The van der Waals surface area contributed by atoms with Gasteiger partial charge in [-0.05, 0) is 42.7 Å². The minimum Gasteiger partial charge on any atom is -0.306 e. The number of benzene rings is 1. The van der Waals surface area contributed by atoms with Gasteiger partial charge in [0.25, 0.3) is 0 Å². The Bertz CT molecular complexity index is 658. The monoisotopic (exact) mass is 287 g/mol. The fraction of sp³-hybridized carbons (Fsp3) is 0.200. The molecule has 1 N–H and O–H groups in total. The van der Waals surface area contributed by atoms with Crippen molar-refractivity contribution in [2.75, 3.05) is 16.8 Å². The Morgan fingerprint density at radius 1 is 1.40 bits per heavy atom. The van der Waals surface area contributed by atoms with Crippen molar-refractivity contribution >= 4 is 29.0 Å². The Kier molecular flexibility index (Phi) is 3.32. The van der Waals surface area contributed by atoms with Gasteiger partial charge >= 0.3 is 6.03 Å². The molecular weight excluding hydrogens is 274 g/mol. The summed E-state index contributed by atoms with van der Waals surface area (Å²) in [6.45, 7) is 2.62. The smallest absolute Gasteiger partial charge is 0.306 e. The number of hydrogen-bond donors (Lipinski definition) is 1. The van der Waals surface area contributed by atoms with E-state index in [0.29, 0.717) is 12.2 Å². The molecule has 1 aromatic heterocycles. The molecule has 0 spiro atoms. The number of hydrogen-bond acceptors (Lipinski definition) is 2. The van der Waals surface area contributed by atoms with Crippen LogP contribution in [-0.4, -0.2) is 17.6 Å². The molecule has 5 heteroatoms. The molecule has 0 atom stereocenters. The highest BCUT2D eigenvalue weighted by Crippen LogP contribution is 2.35. The normalized spacial score (nSPS) is 13.2. The quantitative estimate of drug-likeness (QED) is 0.870. The third-order valence-electron chi connectivity index (χ3n) is 3.45. The lowest BCUT2D eigenvalue weighted by atomic mass is 10.1. The zero-order chi connectivity index (χ0) is 14.1. The summed E-state index contributed by atoms with van der Waals surface area (Å²) in [5.74, 6) is 0. The molecule has 2 amide bonds. The van der Waals surface area contributed by atoms with Gasteiger partial charge in [0.1, 0.15) is 0 Å². The molecule has 4 nitrogen and oxygen atoms in total. The van der Waals surface area contributed by atoms with Crippen LogP contribution in [0.3, 0.4) is 0 Å². The number of nitrogens with one attached hydrogen (secondary N) is 1. The average Bonchev–Trinajstić information content (AvgIpc) is 2.89. The first-order valence-corrected chi connectivity index (χ1v) is 6.81. The van der Waals surface area contributed by atoms with Gasteiger partial charge in [0.05, 0.1) is 17.6 Å². The molecule has 1 aliphatic heterocycles.